The second-order valence-corrected chi connectivity index (χ2v) is 8.80. The van der Waals surface area contributed by atoms with E-state index in [0.717, 1.165) is 17.9 Å². The monoisotopic (exact) mass is 341 g/mol. The Morgan fingerprint density at radius 2 is 1.84 bits per heavy atom. The largest absolute Gasteiger partial charge is 0.314 e. The van der Waals surface area contributed by atoms with Crippen molar-refractivity contribution in [3.05, 3.63) is 20.8 Å². The summed E-state index contributed by atoms with van der Waals surface area (Å²) in [7, 11) is 0. The molecule has 2 fully saturated rings. The minimum atomic E-state index is 0.861. The highest BCUT2D eigenvalue weighted by Gasteiger charge is 2.27. The molecule has 2 atom stereocenters. The number of hydrogen-bond donors (Lipinski definition) is 1. The van der Waals surface area contributed by atoms with Gasteiger partial charge < -0.3 is 5.32 Å². The molecule has 0 aromatic carbocycles. The zero-order valence-corrected chi connectivity index (χ0v) is 13.9. The Hall–Kier alpha value is 0.140. The fourth-order valence-electron chi connectivity index (χ4n) is 3.32. The molecule has 3 heteroatoms. The third-order valence-electron chi connectivity index (χ3n) is 4.65. The van der Waals surface area contributed by atoms with Crippen molar-refractivity contribution in [3.63, 3.8) is 0 Å². The van der Waals surface area contributed by atoms with Gasteiger partial charge in [-0.2, -0.15) is 0 Å². The van der Waals surface area contributed by atoms with Crippen LogP contribution in [-0.2, 0) is 6.42 Å². The molecule has 1 nitrogen and oxygen atoms in total. The van der Waals surface area contributed by atoms with E-state index in [1.165, 1.54) is 61.7 Å². The summed E-state index contributed by atoms with van der Waals surface area (Å²) in [6, 6.07) is 5.37. The van der Waals surface area contributed by atoms with Gasteiger partial charge >= 0.3 is 0 Å². The molecule has 1 N–H and O–H groups in total. The zero-order valence-electron chi connectivity index (χ0n) is 11.5. The normalized spacial score (nSPS) is 28.3. The average Bonchev–Trinajstić information content (AvgIpc) is 3.16. The molecule has 1 heterocycles. The van der Waals surface area contributed by atoms with Crippen LogP contribution in [0.1, 0.15) is 49.8 Å². The van der Waals surface area contributed by atoms with Crippen molar-refractivity contribution in [3.8, 4) is 0 Å². The molecule has 0 bridgehead atoms. The Kier molecular flexibility index (Phi) is 4.99. The van der Waals surface area contributed by atoms with Crippen LogP contribution in [0.15, 0.2) is 15.9 Å². The fourth-order valence-corrected chi connectivity index (χ4v) is 4.90. The second-order valence-electron chi connectivity index (χ2n) is 6.25. The predicted molar refractivity (Wildman–Crippen MR) is 86.8 cm³/mol. The lowest BCUT2D eigenvalue weighted by molar-refractivity contribution is 0.298. The van der Waals surface area contributed by atoms with Gasteiger partial charge in [-0.3, -0.25) is 0 Å². The molecule has 1 aromatic heterocycles. The van der Waals surface area contributed by atoms with Crippen molar-refractivity contribution < 1.29 is 0 Å². The summed E-state index contributed by atoms with van der Waals surface area (Å²) in [5.74, 6) is 1.81. The van der Waals surface area contributed by atoms with Gasteiger partial charge in [-0.05, 0) is 78.5 Å². The van der Waals surface area contributed by atoms with Gasteiger partial charge in [0.2, 0.25) is 0 Å². The predicted octanol–water partition coefficient (Wildman–Crippen LogP) is 5.00. The highest BCUT2D eigenvalue weighted by molar-refractivity contribution is 9.11. The molecule has 19 heavy (non-hydrogen) atoms. The van der Waals surface area contributed by atoms with Gasteiger partial charge in [-0.1, -0.05) is 19.3 Å². The molecular formula is C16H24BrNS. The summed E-state index contributed by atoms with van der Waals surface area (Å²) < 4.78 is 1.28. The topological polar surface area (TPSA) is 12.0 Å². The SMILES string of the molecule is Brc1ccc(CC2CCCCCC2CNC2CC2)s1. The van der Waals surface area contributed by atoms with Crippen LogP contribution in [0.5, 0.6) is 0 Å². The Labute approximate surface area is 129 Å². The van der Waals surface area contributed by atoms with Crippen LogP contribution in [0.4, 0.5) is 0 Å². The molecule has 0 radical (unpaired) electrons. The van der Waals surface area contributed by atoms with Crippen LogP contribution < -0.4 is 5.32 Å². The van der Waals surface area contributed by atoms with Gasteiger partial charge in [0.15, 0.2) is 0 Å². The van der Waals surface area contributed by atoms with E-state index in [4.69, 9.17) is 0 Å². The quantitative estimate of drug-likeness (QED) is 0.743. The number of hydrogen-bond acceptors (Lipinski definition) is 2. The van der Waals surface area contributed by atoms with Gasteiger partial charge in [0.25, 0.3) is 0 Å². The highest BCUT2D eigenvalue weighted by atomic mass is 79.9. The first kappa shape index (κ1) is 14.1. The van der Waals surface area contributed by atoms with E-state index >= 15 is 0 Å². The van der Waals surface area contributed by atoms with Crippen LogP contribution in [0.25, 0.3) is 0 Å². The van der Waals surface area contributed by atoms with E-state index in [9.17, 15) is 0 Å². The Balaban J connectivity index is 1.59. The van der Waals surface area contributed by atoms with E-state index in [1.54, 1.807) is 4.88 Å². The molecule has 1 aromatic rings. The molecule has 0 spiro atoms. The van der Waals surface area contributed by atoms with Crippen LogP contribution >= 0.6 is 27.3 Å². The number of rotatable bonds is 5. The molecule has 2 aliphatic carbocycles. The number of halogens is 1. The van der Waals surface area contributed by atoms with Crippen molar-refractivity contribution in [1.82, 2.24) is 5.32 Å². The molecule has 106 valence electrons. The Morgan fingerprint density at radius 3 is 2.53 bits per heavy atom. The summed E-state index contributed by atoms with van der Waals surface area (Å²) in [6.45, 7) is 1.27. The van der Waals surface area contributed by atoms with E-state index in [0.29, 0.717) is 0 Å². The number of thiophene rings is 1. The molecule has 2 unspecified atom stereocenters. The lowest BCUT2D eigenvalue weighted by Gasteiger charge is -2.25. The fraction of sp³-hybridized carbons (Fsp3) is 0.750. The number of nitrogens with one attached hydrogen (secondary N) is 1. The minimum absolute atomic E-state index is 0.861. The first-order chi connectivity index (χ1) is 9.31. The van der Waals surface area contributed by atoms with Gasteiger partial charge in [-0.25, -0.2) is 0 Å². The van der Waals surface area contributed by atoms with Crippen molar-refractivity contribution in [1.29, 1.82) is 0 Å². The van der Waals surface area contributed by atoms with Crippen molar-refractivity contribution in [2.75, 3.05) is 6.54 Å². The van der Waals surface area contributed by atoms with Crippen LogP contribution in [-0.4, -0.2) is 12.6 Å². The van der Waals surface area contributed by atoms with E-state index in [2.05, 4.69) is 33.4 Å². The van der Waals surface area contributed by atoms with E-state index in [1.807, 2.05) is 11.3 Å². The minimum Gasteiger partial charge on any atom is -0.314 e. The highest BCUT2D eigenvalue weighted by Crippen LogP contribution is 2.34. The molecule has 3 rings (SSSR count). The maximum absolute atomic E-state index is 3.77. The molecule has 2 aliphatic rings. The smallest absolute Gasteiger partial charge is 0.0701 e. The first-order valence-electron chi connectivity index (χ1n) is 7.79. The molecule has 0 aliphatic heterocycles. The molecule has 0 amide bonds. The Morgan fingerprint density at radius 1 is 1.05 bits per heavy atom. The van der Waals surface area contributed by atoms with Crippen molar-refractivity contribution >= 4 is 27.3 Å². The molecule has 2 saturated carbocycles. The summed E-state index contributed by atoms with van der Waals surface area (Å²) in [5, 5.41) is 3.77. The summed E-state index contributed by atoms with van der Waals surface area (Å²) in [5.41, 5.74) is 0. The van der Waals surface area contributed by atoms with Crippen LogP contribution in [0.3, 0.4) is 0 Å². The van der Waals surface area contributed by atoms with Crippen molar-refractivity contribution in [2.24, 2.45) is 11.8 Å². The first-order valence-corrected chi connectivity index (χ1v) is 9.40. The van der Waals surface area contributed by atoms with Crippen LogP contribution in [0, 0.1) is 11.8 Å². The summed E-state index contributed by atoms with van der Waals surface area (Å²) >= 11 is 5.51. The summed E-state index contributed by atoms with van der Waals surface area (Å²) in [4.78, 5) is 1.56. The summed E-state index contributed by atoms with van der Waals surface area (Å²) in [6.07, 6.45) is 11.3. The van der Waals surface area contributed by atoms with Gasteiger partial charge in [0, 0.05) is 10.9 Å². The second kappa shape index (κ2) is 6.73. The standard InChI is InChI=1S/C16H24BrNS/c17-16-9-8-15(19-16)10-12-4-2-1-3-5-13(12)11-18-14-6-7-14/h8-9,12-14,18H,1-7,10-11H2. The van der Waals surface area contributed by atoms with E-state index < -0.39 is 0 Å². The lowest BCUT2D eigenvalue weighted by Crippen LogP contribution is -2.30. The van der Waals surface area contributed by atoms with Gasteiger partial charge in [-0.15, -0.1) is 11.3 Å². The molecular weight excluding hydrogens is 318 g/mol. The Bertz CT molecular complexity index is 399. The maximum atomic E-state index is 3.77. The zero-order chi connectivity index (χ0) is 13.1. The third-order valence-corrected chi connectivity index (χ3v) is 6.30. The molecule has 0 saturated heterocycles. The average molecular weight is 342 g/mol. The van der Waals surface area contributed by atoms with Crippen LogP contribution in [0.2, 0.25) is 0 Å². The maximum Gasteiger partial charge on any atom is 0.0701 e. The van der Waals surface area contributed by atoms with Gasteiger partial charge in [0.1, 0.15) is 0 Å². The van der Waals surface area contributed by atoms with E-state index in [-0.39, 0.29) is 0 Å². The van der Waals surface area contributed by atoms with Gasteiger partial charge in [0.05, 0.1) is 3.79 Å². The lowest BCUT2D eigenvalue weighted by atomic mass is 9.85. The van der Waals surface area contributed by atoms with Crippen molar-refractivity contribution in [2.45, 2.75) is 57.4 Å². The third kappa shape index (κ3) is 4.30.